The van der Waals surface area contributed by atoms with Crippen molar-refractivity contribution in [2.75, 3.05) is 6.54 Å². The Kier molecular flexibility index (Phi) is 3.24. The van der Waals surface area contributed by atoms with Crippen molar-refractivity contribution in [3.8, 4) is 12.3 Å². The first kappa shape index (κ1) is 11.6. The molecule has 80 valence electrons. The van der Waals surface area contributed by atoms with Gasteiger partial charge in [0.15, 0.2) is 0 Å². The van der Waals surface area contributed by atoms with Crippen molar-refractivity contribution < 1.29 is 0 Å². The van der Waals surface area contributed by atoms with E-state index >= 15 is 0 Å². The van der Waals surface area contributed by atoms with Crippen LogP contribution in [0.4, 0.5) is 0 Å². The smallest absolute Gasteiger partial charge is 0.0768 e. The van der Waals surface area contributed by atoms with Crippen molar-refractivity contribution in [3.05, 3.63) is 0 Å². The first-order valence-electron chi connectivity index (χ1n) is 5.40. The Balaban J connectivity index is 2.79. The van der Waals surface area contributed by atoms with Gasteiger partial charge in [0.2, 0.25) is 0 Å². The molecule has 2 N–H and O–H groups in total. The highest BCUT2D eigenvalue weighted by atomic mass is 15.2. The Morgan fingerprint density at radius 1 is 1.43 bits per heavy atom. The molecule has 1 fully saturated rings. The minimum absolute atomic E-state index is 0.145. The highest BCUT2D eigenvalue weighted by molar-refractivity contribution is 5.11. The van der Waals surface area contributed by atoms with Gasteiger partial charge < -0.3 is 5.73 Å². The quantitative estimate of drug-likeness (QED) is 0.640. The number of nitrogens with zero attached hydrogens (tertiary/aromatic N) is 1. The number of hydrogen-bond donors (Lipinski definition) is 1. The average molecular weight is 194 g/mol. The summed E-state index contributed by atoms with van der Waals surface area (Å²) in [4.78, 5) is 2.39. The summed E-state index contributed by atoms with van der Waals surface area (Å²) in [5.74, 6) is 3.39. The lowest BCUT2D eigenvalue weighted by molar-refractivity contribution is 0.0403. The second-order valence-electron chi connectivity index (χ2n) is 4.95. The van der Waals surface area contributed by atoms with Crippen LogP contribution in [0.25, 0.3) is 0 Å². The van der Waals surface area contributed by atoms with E-state index in [2.05, 4.69) is 38.5 Å². The number of nitrogens with two attached hydrogens (primary N) is 1. The molecule has 3 unspecified atom stereocenters. The molecule has 1 heterocycles. The van der Waals surface area contributed by atoms with Crippen LogP contribution in [0.3, 0.4) is 0 Å². The van der Waals surface area contributed by atoms with Crippen LogP contribution in [0.5, 0.6) is 0 Å². The number of terminal acetylenes is 1. The first-order chi connectivity index (χ1) is 6.40. The van der Waals surface area contributed by atoms with Crippen LogP contribution in [0.15, 0.2) is 0 Å². The Labute approximate surface area is 87.8 Å². The number of rotatable bonds is 1. The van der Waals surface area contributed by atoms with Crippen LogP contribution in [0, 0.1) is 18.3 Å². The highest BCUT2D eigenvalue weighted by Crippen LogP contribution is 2.28. The largest absolute Gasteiger partial charge is 0.327 e. The van der Waals surface area contributed by atoms with Crippen LogP contribution in [0.1, 0.15) is 34.1 Å². The molecule has 0 radical (unpaired) electrons. The number of likely N-dealkylation sites (tertiary alicyclic amines) is 1. The van der Waals surface area contributed by atoms with Gasteiger partial charge in [-0.25, -0.2) is 0 Å². The van der Waals surface area contributed by atoms with E-state index in [0.717, 1.165) is 13.0 Å². The molecule has 3 atom stereocenters. The Morgan fingerprint density at radius 2 is 2.00 bits per heavy atom. The van der Waals surface area contributed by atoms with Gasteiger partial charge in [0.05, 0.1) is 5.54 Å². The molecule has 2 nitrogen and oxygen atoms in total. The summed E-state index contributed by atoms with van der Waals surface area (Å²) < 4.78 is 0. The molecule has 1 aliphatic rings. The lowest BCUT2D eigenvalue weighted by Crippen LogP contribution is -2.58. The monoisotopic (exact) mass is 194 g/mol. The summed E-state index contributed by atoms with van der Waals surface area (Å²) in [5.41, 5.74) is 5.89. The third kappa shape index (κ3) is 1.94. The second kappa shape index (κ2) is 3.92. The fourth-order valence-electron chi connectivity index (χ4n) is 2.27. The van der Waals surface area contributed by atoms with E-state index < -0.39 is 0 Å². The van der Waals surface area contributed by atoms with E-state index in [-0.39, 0.29) is 5.54 Å². The molecule has 1 rings (SSSR count). The lowest BCUT2D eigenvalue weighted by atomic mass is 9.84. The third-order valence-electron chi connectivity index (χ3n) is 3.70. The van der Waals surface area contributed by atoms with Gasteiger partial charge in [0, 0.05) is 18.6 Å². The van der Waals surface area contributed by atoms with Gasteiger partial charge in [0.1, 0.15) is 0 Å². The molecule has 0 bridgehead atoms. The minimum atomic E-state index is -0.145. The van der Waals surface area contributed by atoms with Crippen LogP contribution in [-0.4, -0.2) is 29.1 Å². The third-order valence-corrected chi connectivity index (χ3v) is 3.70. The van der Waals surface area contributed by atoms with Gasteiger partial charge in [0.25, 0.3) is 0 Å². The van der Waals surface area contributed by atoms with Crippen molar-refractivity contribution in [3.63, 3.8) is 0 Å². The molecule has 0 aromatic heterocycles. The van der Waals surface area contributed by atoms with Crippen molar-refractivity contribution in [2.45, 2.75) is 51.7 Å². The summed E-state index contributed by atoms with van der Waals surface area (Å²) in [7, 11) is 0. The standard InChI is InChI=1S/C12H22N2/c1-6-12(4,5)14-8-7-11(13)9(2)10(14)3/h1,9-11H,7-8,13H2,2-5H3. The summed E-state index contributed by atoms with van der Waals surface area (Å²) >= 11 is 0. The van der Waals surface area contributed by atoms with E-state index in [0.29, 0.717) is 18.0 Å². The lowest BCUT2D eigenvalue weighted by Gasteiger charge is -2.47. The summed E-state index contributed by atoms with van der Waals surface area (Å²) in [6.07, 6.45) is 6.61. The Hall–Kier alpha value is -0.520. The number of piperidine rings is 1. The fourth-order valence-corrected chi connectivity index (χ4v) is 2.27. The molecule has 0 aliphatic carbocycles. The van der Waals surface area contributed by atoms with Gasteiger partial charge in [-0.15, -0.1) is 6.42 Å². The Morgan fingerprint density at radius 3 is 2.50 bits per heavy atom. The molecule has 0 aromatic rings. The van der Waals surface area contributed by atoms with Crippen LogP contribution in [-0.2, 0) is 0 Å². The van der Waals surface area contributed by atoms with Crippen molar-refractivity contribution >= 4 is 0 Å². The van der Waals surface area contributed by atoms with E-state index in [4.69, 9.17) is 12.2 Å². The molecular weight excluding hydrogens is 172 g/mol. The normalized spacial score (nSPS) is 35.3. The van der Waals surface area contributed by atoms with E-state index in [1.165, 1.54) is 0 Å². The molecule has 0 saturated carbocycles. The molecular formula is C12H22N2. The molecule has 2 heteroatoms. The van der Waals surface area contributed by atoms with E-state index in [9.17, 15) is 0 Å². The molecule has 0 spiro atoms. The zero-order valence-corrected chi connectivity index (χ0v) is 9.75. The van der Waals surface area contributed by atoms with Crippen LogP contribution in [0.2, 0.25) is 0 Å². The number of hydrogen-bond acceptors (Lipinski definition) is 2. The SMILES string of the molecule is C#CC(C)(C)N1CCC(N)C(C)C1C. The molecule has 14 heavy (non-hydrogen) atoms. The summed E-state index contributed by atoms with van der Waals surface area (Å²) in [6.45, 7) is 9.67. The van der Waals surface area contributed by atoms with E-state index in [1.807, 2.05) is 0 Å². The minimum Gasteiger partial charge on any atom is -0.327 e. The maximum atomic E-state index is 6.04. The molecule has 0 amide bonds. The van der Waals surface area contributed by atoms with Crippen LogP contribution >= 0.6 is 0 Å². The predicted molar refractivity (Wildman–Crippen MR) is 60.8 cm³/mol. The van der Waals surface area contributed by atoms with Gasteiger partial charge in [-0.3, -0.25) is 4.90 Å². The molecule has 0 aromatic carbocycles. The Bertz CT molecular complexity index is 239. The summed E-state index contributed by atoms with van der Waals surface area (Å²) in [5, 5.41) is 0. The van der Waals surface area contributed by atoms with Gasteiger partial charge in [-0.1, -0.05) is 12.8 Å². The average Bonchev–Trinajstić information content (AvgIpc) is 2.14. The second-order valence-corrected chi connectivity index (χ2v) is 4.95. The van der Waals surface area contributed by atoms with Gasteiger partial charge >= 0.3 is 0 Å². The molecule has 1 saturated heterocycles. The highest BCUT2D eigenvalue weighted by Gasteiger charge is 2.37. The first-order valence-corrected chi connectivity index (χ1v) is 5.40. The van der Waals surface area contributed by atoms with Crippen molar-refractivity contribution in [2.24, 2.45) is 11.7 Å². The topological polar surface area (TPSA) is 29.3 Å². The zero-order valence-electron chi connectivity index (χ0n) is 9.75. The predicted octanol–water partition coefficient (Wildman–Crippen LogP) is 1.46. The summed E-state index contributed by atoms with van der Waals surface area (Å²) in [6, 6.07) is 0.805. The van der Waals surface area contributed by atoms with Crippen molar-refractivity contribution in [1.82, 2.24) is 4.90 Å². The maximum Gasteiger partial charge on any atom is 0.0768 e. The van der Waals surface area contributed by atoms with Gasteiger partial charge in [-0.2, -0.15) is 0 Å². The zero-order chi connectivity index (χ0) is 10.9. The van der Waals surface area contributed by atoms with Crippen LogP contribution < -0.4 is 5.73 Å². The van der Waals surface area contributed by atoms with E-state index in [1.54, 1.807) is 0 Å². The van der Waals surface area contributed by atoms with Crippen molar-refractivity contribution in [1.29, 1.82) is 0 Å². The fraction of sp³-hybridized carbons (Fsp3) is 0.833. The van der Waals surface area contributed by atoms with Gasteiger partial charge in [-0.05, 0) is 33.1 Å². The maximum absolute atomic E-state index is 6.04. The molecule has 1 aliphatic heterocycles.